The summed E-state index contributed by atoms with van der Waals surface area (Å²) < 4.78 is 5.47. The van der Waals surface area contributed by atoms with Crippen molar-refractivity contribution in [1.82, 2.24) is 14.8 Å². The van der Waals surface area contributed by atoms with Crippen molar-refractivity contribution < 1.29 is 9.53 Å². The van der Waals surface area contributed by atoms with Gasteiger partial charge >= 0.3 is 6.09 Å². The predicted molar refractivity (Wildman–Crippen MR) is 103 cm³/mol. The molecular weight excluding hydrogens is 328 g/mol. The fraction of sp³-hybridized carbons (Fsp3) is 0.700. The Morgan fingerprint density at radius 2 is 1.69 bits per heavy atom. The van der Waals surface area contributed by atoms with E-state index in [1.165, 1.54) is 18.5 Å². The molecule has 0 aromatic carbocycles. The first-order chi connectivity index (χ1) is 12.4. The van der Waals surface area contributed by atoms with Crippen LogP contribution in [0.2, 0.25) is 0 Å². The van der Waals surface area contributed by atoms with Crippen LogP contribution in [0, 0.1) is 5.92 Å². The van der Waals surface area contributed by atoms with Gasteiger partial charge in [0, 0.05) is 63.9 Å². The number of piperidine rings is 1. The lowest BCUT2D eigenvalue weighted by Crippen LogP contribution is -2.51. The summed E-state index contributed by atoms with van der Waals surface area (Å²) >= 11 is 0. The van der Waals surface area contributed by atoms with Crippen molar-refractivity contribution >= 4 is 11.8 Å². The van der Waals surface area contributed by atoms with Crippen LogP contribution < -0.4 is 4.90 Å². The van der Waals surface area contributed by atoms with E-state index in [9.17, 15) is 4.79 Å². The van der Waals surface area contributed by atoms with Gasteiger partial charge in [0.2, 0.25) is 0 Å². The monoisotopic (exact) mass is 360 g/mol. The minimum atomic E-state index is -0.420. The van der Waals surface area contributed by atoms with Gasteiger partial charge in [-0.1, -0.05) is 0 Å². The van der Waals surface area contributed by atoms with Gasteiger partial charge in [-0.2, -0.15) is 0 Å². The van der Waals surface area contributed by atoms with Crippen LogP contribution in [0.15, 0.2) is 24.5 Å². The average Bonchev–Trinajstić information content (AvgIpc) is 2.62. The van der Waals surface area contributed by atoms with Crippen LogP contribution in [0.3, 0.4) is 0 Å². The average molecular weight is 361 g/mol. The van der Waals surface area contributed by atoms with E-state index in [4.69, 9.17) is 4.74 Å². The van der Waals surface area contributed by atoms with Gasteiger partial charge in [-0.15, -0.1) is 0 Å². The van der Waals surface area contributed by atoms with Gasteiger partial charge in [0.25, 0.3) is 0 Å². The van der Waals surface area contributed by atoms with Crippen LogP contribution in [0.5, 0.6) is 0 Å². The van der Waals surface area contributed by atoms with Crippen molar-refractivity contribution in [3.8, 4) is 0 Å². The number of amides is 1. The molecule has 26 heavy (non-hydrogen) atoms. The molecular formula is C20H32N4O2. The maximum atomic E-state index is 12.2. The smallest absolute Gasteiger partial charge is 0.410 e. The number of hydrogen-bond donors (Lipinski definition) is 0. The number of rotatable bonds is 3. The van der Waals surface area contributed by atoms with Crippen molar-refractivity contribution in [1.29, 1.82) is 0 Å². The fourth-order valence-corrected chi connectivity index (χ4v) is 3.73. The van der Waals surface area contributed by atoms with Crippen LogP contribution in [0.25, 0.3) is 0 Å². The van der Waals surface area contributed by atoms with E-state index in [0.717, 1.165) is 51.7 Å². The van der Waals surface area contributed by atoms with Crippen LogP contribution in [-0.4, -0.2) is 72.3 Å². The molecule has 0 radical (unpaired) electrons. The molecule has 0 bridgehead atoms. The Morgan fingerprint density at radius 3 is 2.27 bits per heavy atom. The molecule has 1 aromatic heterocycles. The molecule has 6 heteroatoms. The highest BCUT2D eigenvalue weighted by Gasteiger charge is 2.28. The number of carbonyl (C=O) groups is 1. The number of ether oxygens (including phenoxy) is 1. The zero-order chi connectivity index (χ0) is 18.6. The molecule has 144 valence electrons. The molecule has 1 amide bonds. The number of piperazine rings is 1. The van der Waals surface area contributed by atoms with Crippen molar-refractivity contribution in [3.05, 3.63) is 24.5 Å². The Morgan fingerprint density at radius 1 is 1.08 bits per heavy atom. The molecule has 0 unspecified atom stereocenters. The van der Waals surface area contributed by atoms with E-state index in [1.807, 2.05) is 38.1 Å². The molecule has 1 aromatic rings. The summed E-state index contributed by atoms with van der Waals surface area (Å²) in [5, 5.41) is 0. The first-order valence-corrected chi connectivity index (χ1v) is 9.76. The van der Waals surface area contributed by atoms with E-state index in [-0.39, 0.29) is 6.09 Å². The zero-order valence-electron chi connectivity index (χ0n) is 16.4. The Bertz CT molecular complexity index is 571. The van der Waals surface area contributed by atoms with E-state index in [2.05, 4.69) is 26.9 Å². The first kappa shape index (κ1) is 19.0. The highest BCUT2D eigenvalue weighted by Crippen LogP contribution is 2.24. The normalized spacial score (nSPS) is 20.3. The van der Waals surface area contributed by atoms with Gasteiger partial charge < -0.3 is 14.5 Å². The predicted octanol–water partition coefficient (Wildman–Crippen LogP) is 2.85. The molecule has 0 spiro atoms. The lowest BCUT2D eigenvalue weighted by molar-refractivity contribution is 0.0130. The number of anilines is 1. The highest BCUT2D eigenvalue weighted by molar-refractivity contribution is 5.68. The Labute approximate surface area is 157 Å². The van der Waals surface area contributed by atoms with E-state index < -0.39 is 5.60 Å². The largest absolute Gasteiger partial charge is 0.444 e. The molecule has 0 saturated carbocycles. The second-order valence-electron chi connectivity index (χ2n) is 8.40. The second-order valence-corrected chi connectivity index (χ2v) is 8.40. The van der Waals surface area contributed by atoms with Crippen molar-refractivity contribution in [3.63, 3.8) is 0 Å². The van der Waals surface area contributed by atoms with Crippen LogP contribution >= 0.6 is 0 Å². The third-order valence-electron chi connectivity index (χ3n) is 5.18. The molecule has 3 rings (SSSR count). The molecule has 0 aliphatic carbocycles. The summed E-state index contributed by atoms with van der Waals surface area (Å²) in [5.74, 6) is 0.751. The lowest BCUT2D eigenvalue weighted by Gasteiger charge is -2.39. The maximum absolute atomic E-state index is 12.2. The van der Waals surface area contributed by atoms with Gasteiger partial charge in [-0.3, -0.25) is 9.88 Å². The number of nitrogens with zero attached hydrogens (tertiary/aromatic N) is 4. The quantitative estimate of drug-likeness (QED) is 0.830. The topological polar surface area (TPSA) is 48.9 Å². The van der Waals surface area contributed by atoms with Crippen LogP contribution in [0.1, 0.15) is 33.6 Å². The van der Waals surface area contributed by atoms with Gasteiger partial charge in [0.05, 0.1) is 0 Å². The maximum Gasteiger partial charge on any atom is 0.410 e. The SMILES string of the molecule is CC(C)(C)OC(=O)N1CCN(CC2CCN(c3ccncc3)CC2)CC1. The third kappa shape index (κ3) is 5.34. The summed E-state index contributed by atoms with van der Waals surface area (Å²) in [4.78, 5) is 23.1. The number of carbonyl (C=O) groups excluding carboxylic acids is 1. The number of pyridine rings is 1. The molecule has 0 N–H and O–H groups in total. The van der Waals surface area contributed by atoms with Crippen molar-refractivity contribution in [2.75, 3.05) is 50.7 Å². The van der Waals surface area contributed by atoms with E-state index in [1.54, 1.807) is 0 Å². The molecule has 2 aliphatic heterocycles. The van der Waals surface area contributed by atoms with E-state index in [0.29, 0.717) is 0 Å². The molecule has 3 heterocycles. The Hall–Kier alpha value is -1.82. The molecule has 0 atom stereocenters. The number of aromatic nitrogens is 1. The standard InChI is InChI=1S/C20H32N4O2/c1-20(2,3)26-19(25)24-14-12-22(13-15-24)16-17-6-10-23(11-7-17)18-4-8-21-9-5-18/h4-5,8-9,17H,6-7,10-16H2,1-3H3. The molecule has 2 saturated heterocycles. The molecule has 2 fully saturated rings. The summed E-state index contributed by atoms with van der Waals surface area (Å²) in [5.41, 5.74) is 0.862. The van der Waals surface area contributed by atoms with Gasteiger partial charge in [-0.05, 0) is 51.7 Å². The minimum Gasteiger partial charge on any atom is -0.444 e. The molecule has 6 nitrogen and oxygen atoms in total. The zero-order valence-corrected chi connectivity index (χ0v) is 16.4. The van der Waals surface area contributed by atoms with Crippen LogP contribution in [-0.2, 0) is 4.74 Å². The van der Waals surface area contributed by atoms with Gasteiger partial charge in [0.15, 0.2) is 0 Å². The highest BCUT2D eigenvalue weighted by atomic mass is 16.6. The van der Waals surface area contributed by atoms with Crippen molar-refractivity contribution in [2.24, 2.45) is 5.92 Å². The summed E-state index contributed by atoms with van der Waals surface area (Å²) in [6.45, 7) is 12.6. The molecule has 2 aliphatic rings. The van der Waals surface area contributed by atoms with Gasteiger partial charge in [-0.25, -0.2) is 4.79 Å². The third-order valence-corrected chi connectivity index (χ3v) is 5.18. The van der Waals surface area contributed by atoms with E-state index >= 15 is 0 Å². The van der Waals surface area contributed by atoms with Gasteiger partial charge in [0.1, 0.15) is 5.60 Å². The summed E-state index contributed by atoms with van der Waals surface area (Å²) in [6, 6.07) is 4.19. The van der Waals surface area contributed by atoms with Crippen molar-refractivity contribution in [2.45, 2.75) is 39.2 Å². The fourth-order valence-electron chi connectivity index (χ4n) is 3.73. The van der Waals surface area contributed by atoms with Crippen LogP contribution in [0.4, 0.5) is 10.5 Å². The lowest BCUT2D eigenvalue weighted by atomic mass is 9.95. The Kier molecular flexibility index (Phi) is 6.01. The Balaban J connectivity index is 1.38. The summed E-state index contributed by atoms with van der Waals surface area (Å²) in [7, 11) is 0. The first-order valence-electron chi connectivity index (χ1n) is 9.76. The number of hydrogen-bond acceptors (Lipinski definition) is 5. The summed E-state index contributed by atoms with van der Waals surface area (Å²) in [6.07, 6.45) is 6.02. The minimum absolute atomic E-state index is 0.178. The second kappa shape index (κ2) is 8.25.